The third-order valence-electron chi connectivity index (χ3n) is 13.1. The van der Waals surface area contributed by atoms with Crippen LogP contribution in [0.1, 0.15) is 90.4 Å². The summed E-state index contributed by atoms with van der Waals surface area (Å²) >= 11 is 0. The first kappa shape index (κ1) is 39.6. The fourth-order valence-electron chi connectivity index (χ4n) is 10.1. The maximum absolute atomic E-state index is 13.9. The van der Waals surface area contributed by atoms with Crippen LogP contribution in [0.4, 0.5) is 0 Å². The standard InChI is InChI=1S/C40H60O13/c1-19-11-26-7-9-29-20(2)12-25(48-29)6-5-22(42)15-33-35(45)39-40(53-33)36(46)38-30(52-39)10-8-27(50-38)13-23(43)14-28-32(17-31(49-26)21(19)3)51-34(37(28)47-4)16-24(44)18-41/h19,24-41,44-46H,2-3,5-18H2,1,4H3/t19-,24?,25?,26?,27?,28?,29?,30?,31-,32+,33?,34?,35?,36?,37-,38+,39?,40?/m1/s1. The first-order valence-corrected chi connectivity index (χ1v) is 19.9. The molecule has 0 aromatic heterocycles. The summed E-state index contributed by atoms with van der Waals surface area (Å²) in [6.07, 6.45) is -3.55. The highest BCUT2D eigenvalue weighted by molar-refractivity contribution is 5.79. The Morgan fingerprint density at radius 1 is 0.736 bits per heavy atom. The zero-order valence-corrected chi connectivity index (χ0v) is 31.2. The number of carbonyl (C=O) groups excluding carboxylic acids is 2. The van der Waals surface area contributed by atoms with Gasteiger partial charge >= 0.3 is 0 Å². The topological polar surface area (TPSA) is 180 Å². The van der Waals surface area contributed by atoms with Gasteiger partial charge in [0.1, 0.15) is 42.1 Å². The normalized spacial score (nSPS) is 47.7. The Labute approximate surface area is 312 Å². The van der Waals surface area contributed by atoms with Crippen LogP contribution in [-0.4, -0.2) is 143 Å². The van der Waals surface area contributed by atoms with Crippen LogP contribution in [-0.2, 0) is 42.7 Å². The number of ether oxygens (including phenoxy) is 7. The molecule has 53 heavy (non-hydrogen) atoms. The van der Waals surface area contributed by atoms with Crippen molar-refractivity contribution in [3.63, 3.8) is 0 Å². The number of aliphatic hydroxyl groups is 4. The molecule has 0 saturated carbocycles. The van der Waals surface area contributed by atoms with Crippen LogP contribution in [0.2, 0.25) is 0 Å². The summed E-state index contributed by atoms with van der Waals surface area (Å²) in [5.41, 5.74) is 2.00. The van der Waals surface area contributed by atoms with Gasteiger partial charge in [0.15, 0.2) is 0 Å². The molecule has 298 valence electrons. The summed E-state index contributed by atoms with van der Waals surface area (Å²) in [7, 11) is 1.58. The molecule has 0 spiro atoms. The maximum Gasteiger partial charge on any atom is 0.135 e. The second-order valence-electron chi connectivity index (χ2n) is 16.8. The van der Waals surface area contributed by atoms with E-state index in [0.29, 0.717) is 32.1 Å². The van der Waals surface area contributed by atoms with Crippen LogP contribution in [0, 0.1) is 11.8 Å². The van der Waals surface area contributed by atoms with Gasteiger partial charge < -0.3 is 53.6 Å². The van der Waals surface area contributed by atoms with Gasteiger partial charge in [0.2, 0.25) is 0 Å². The number of hydrogen-bond donors (Lipinski definition) is 4. The lowest BCUT2D eigenvalue weighted by Gasteiger charge is -2.46. The summed E-state index contributed by atoms with van der Waals surface area (Å²) in [5, 5.41) is 42.6. The van der Waals surface area contributed by atoms with Crippen LogP contribution in [0.15, 0.2) is 24.3 Å². The number of rotatable bonds is 4. The maximum atomic E-state index is 13.9. The highest BCUT2D eigenvalue weighted by Crippen LogP contribution is 2.43. The monoisotopic (exact) mass is 748 g/mol. The number of ketones is 2. The van der Waals surface area contributed by atoms with Crippen molar-refractivity contribution in [1.29, 1.82) is 0 Å². The van der Waals surface area contributed by atoms with Gasteiger partial charge in [-0.25, -0.2) is 0 Å². The predicted molar refractivity (Wildman–Crippen MR) is 189 cm³/mol. The van der Waals surface area contributed by atoms with Crippen LogP contribution in [0.25, 0.3) is 0 Å². The van der Waals surface area contributed by atoms with Gasteiger partial charge in [0.25, 0.3) is 0 Å². The Balaban J connectivity index is 1.11. The summed E-state index contributed by atoms with van der Waals surface area (Å²) in [6, 6.07) is 0. The molecule has 7 fully saturated rings. The van der Waals surface area contributed by atoms with Crippen molar-refractivity contribution < 1.29 is 63.2 Å². The minimum Gasteiger partial charge on any atom is -0.394 e. The highest BCUT2D eigenvalue weighted by Gasteiger charge is 2.57. The number of aliphatic hydroxyl groups excluding tert-OH is 4. The molecule has 13 heteroatoms. The van der Waals surface area contributed by atoms with Gasteiger partial charge in [-0.3, -0.25) is 9.59 Å². The van der Waals surface area contributed by atoms with E-state index in [-0.39, 0.29) is 79.9 Å². The summed E-state index contributed by atoms with van der Waals surface area (Å²) in [5.74, 6) is -0.221. The lowest BCUT2D eigenvalue weighted by atomic mass is 9.81. The molecule has 7 saturated heterocycles. The fraction of sp³-hybridized carbons (Fsp3) is 0.850. The van der Waals surface area contributed by atoms with E-state index in [0.717, 1.165) is 30.4 Å². The van der Waals surface area contributed by atoms with Crippen LogP contribution in [0.3, 0.4) is 0 Å². The van der Waals surface area contributed by atoms with Gasteiger partial charge in [-0.1, -0.05) is 20.1 Å². The lowest BCUT2D eigenvalue weighted by molar-refractivity contribution is -0.259. The molecule has 7 aliphatic rings. The number of fused-ring (bicyclic) bond motifs is 7. The molecule has 13 nitrogen and oxygen atoms in total. The van der Waals surface area contributed by atoms with E-state index in [1.165, 1.54) is 0 Å². The highest BCUT2D eigenvalue weighted by atomic mass is 16.6. The van der Waals surface area contributed by atoms with Gasteiger partial charge in [0, 0.05) is 51.6 Å². The molecular weight excluding hydrogens is 688 g/mol. The summed E-state index contributed by atoms with van der Waals surface area (Å²) in [4.78, 5) is 27.0. The van der Waals surface area contributed by atoms with Crippen LogP contribution in [0.5, 0.6) is 0 Å². The second-order valence-corrected chi connectivity index (χ2v) is 16.8. The SMILES string of the molecule is C=C1CC2CCC(=O)CC3OC4C(OC5CCC(CC(=O)CC6[C@@H](OC)C(CC(O)CO)O[C@H]6C[C@H]6OC(CCC1O2)C[C@@H](C)C6=C)O[C@@H]5C4O)C3O. The smallest absolute Gasteiger partial charge is 0.135 e. The van der Waals surface area contributed by atoms with E-state index >= 15 is 0 Å². The van der Waals surface area contributed by atoms with Crippen molar-refractivity contribution >= 4 is 11.6 Å². The van der Waals surface area contributed by atoms with Crippen molar-refractivity contribution in [3.05, 3.63) is 24.3 Å². The minimum atomic E-state index is -1.10. The lowest BCUT2D eigenvalue weighted by Crippen LogP contribution is -2.61. The molecule has 13 unspecified atom stereocenters. The van der Waals surface area contributed by atoms with Crippen LogP contribution < -0.4 is 0 Å². The summed E-state index contributed by atoms with van der Waals surface area (Å²) in [6.45, 7) is 10.4. The Morgan fingerprint density at radius 2 is 1.45 bits per heavy atom. The van der Waals surface area contributed by atoms with Crippen molar-refractivity contribution in [2.75, 3.05) is 13.7 Å². The third-order valence-corrected chi connectivity index (χ3v) is 13.1. The molecule has 7 heterocycles. The molecular formula is C40H60O13. The van der Waals surface area contributed by atoms with Gasteiger partial charge in [-0.15, -0.1) is 0 Å². The van der Waals surface area contributed by atoms with Gasteiger partial charge in [0.05, 0.1) is 73.8 Å². The first-order chi connectivity index (χ1) is 25.4. The Hall–Kier alpha value is -1.62. The average Bonchev–Trinajstić information content (AvgIpc) is 3.76. The second kappa shape index (κ2) is 16.9. The molecule has 18 atom stereocenters. The zero-order valence-electron chi connectivity index (χ0n) is 31.2. The number of methoxy groups -OCH3 is 1. The number of Topliss-reactive ketones (excluding diaryl/α,β-unsaturated/α-hetero) is 2. The van der Waals surface area contributed by atoms with E-state index in [9.17, 15) is 30.0 Å². The molecule has 0 radical (unpaired) electrons. The zero-order chi connectivity index (χ0) is 37.6. The molecule has 7 aliphatic heterocycles. The van der Waals surface area contributed by atoms with Crippen molar-refractivity contribution in [2.45, 2.75) is 188 Å². The van der Waals surface area contributed by atoms with E-state index in [4.69, 9.17) is 33.2 Å². The Morgan fingerprint density at radius 3 is 2.23 bits per heavy atom. The Kier molecular flexibility index (Phi) is 12.6. The van der Waals surface area contributed by atoms with E-state index in [2.05, 4.69) is 20.1 Å². The fourth-order valence-corrected chi connectivity index (χ4v) is 10.1. The quantitative estimate of drug-likeness (QED) is 0.308. The van der Waals surface area contributed by atoms with E-state index in [1.807, 2.05) is 0 Å². The largest absolute Gasteiger partial charge is 0.394 e. The van der Waals surface area contributed by atoms with E-state index < -0.39 is 79.9 Å². The predicted octanol–water partition coefficient (Wildman–Crippen LogP) is 2.27. The van der Waals surface area contributed by atoms with E-state index in [1.54, 1.807) is 7.11 Å². The van der Waals surface area contributed by atoms with Gasteiger partial charge in [-0.05, 0) is 62.0 Å². The number of carbonyl (C=O) groups is 2. The minimum absolute atomic E-state index is 0.00643. The average molecular weight is 749 g/mol. The number of hydrogen-bond acceptors (Lipinski definition) is 13. The molecule has 0 aliphatic carbocycles. The molecule has 0 amide bonds. The van der Waals surface area contributed by atoms with Gasteiger partial charge in [-0.2, -0.15) is 0 Å². The molecule has 8 bridgehead atoms. The molecule has 0 aromatic carbocycles. The van der Waals surface area contributed by atoms with Crippen molar-refractivity contribution in [3.8, 4) is 0 Å². The first-order valence-electron chi connectivity index (χ1n) is 19.9. The van der Waals surface area contributed by atoms with Crippen molar-refractivity contribution in [2.24, 2.45) is 11.8 Å². The van der Waals surface area contributed by atoms with Crippen molar-refractivity contribution in [1.82, 2.24) is 0 Å². The van der Waals surface area contributed by atoms with Crippen LogP contribution >= 0.6 is 0 Å². The molecule has 4 N–H and O–H groups in total. The Bertz CT molecular complexity index is 1340. The summed E-state index contributed by atoms with van der Waals surface area (Å²) < 4.78 is 44.3. The third kappa shape index (κ3) is 8.56. The molecule has 7 rings (SSSR count). The molecule has 0 aromatic rings.